The molecular formula is C18H34N2O. The molecule has 3 nitrogen and oxygen atoms in total. The molecule has 3 atom stereocenters. The smallest absolute Gasteiger partial charge is 0.234 e. The monoisotopic (exact) mass is 294 g/mol. The molecule has 3 unspecified atom stereocenters. The summed E-state index contributed by atoms with van der Waals surface area (Å²) in [5, 5.41) is 3.32. The van der Waals surface area contributed by atoms with Gasteiger partial charge in [0.1, 0.15) is 0 Å². The summed E-state index contributed by atoms with van der Waals surface area (Å²) in [6, 6.07) is 1.03. The minimum absolute atomic E-state index is 0.244. The van der Waals surface area contributed by atoms with Crippen molar-refractivity contribution in [3.63, 3.8) is 0 Å². The first-order valence-corrected chi connectivity index (χ1v) is 9.15. The highest BCUT2D eigenvalue weighted by Gasteiger charge is 2.29. The SMILES string of the molecule is CCN(CC(=O)NC1CCCC(C)C1C)C1CCCCC1. The summed E-state index contributed by atoms with van der Waals surface area (Å²) in [5.41, 5.74) is 0. The zero-order chi connectivity index (χ0) is 15.2. The fourth-order valence-electron chi connectivity index (χ4n) is 4.17. The van der Waals surface area contributed by atoms with Gasteiger partial charge >= 0.3 is 0 Å². The van der Waals surface area contributed by atoms with Crippen LogP contribution in [0, 0.1) is 11.8 Å². The minimum Gasteiger partial charge on any atom is -0.352 e. The number of nitrogens with zero attached hydrogens (tertiary/aromatic N) is 1. The molecule has 0 radical (unpaired) electrons. The summed E-state index contributed by atoms with van der Waals surface area (Å²) in [4.78, 5) is 14.8. The summed E-state index contributed by atoms with van der Waals surface area (Å²) in [7, 11) is 0. The molecule has 0 heterocycles. The number of hydrogen-bond acceptors (Lipinski definition) is 2. The summed E-state index contributed by atoms with van der Waals surface area (Å²) in [5.74, 6) is 1.60. The normalized spacial score (nSPS) is 31.3. The maximum absolute atomic E-state index is 12.4. The first-order chi connectivity index (χ1) is 10.1. The van der Waals surface area contributed by atoms with E-state index in [4.69, 9.17) is 0 Å². The van der Waals surface area contributed by atoms with Gasteiger partial charge in [-0.25, -0.2) is 0 Å². The van der Waals surface area contributed by atoms with Crippen LogP contribution in [0.2, 0.25) is 0 Å². The van der Waals surface area contributed by atoms with E-state index >= 15 is 0 Å². The number of amides is 1. The van der Waals surface area contributed by atoms with E-state index in [1.165, 1.54) is 44.9 Å². The Kier molecular flexibility index (Phi) is 6.53. The minimum atomic E-state index is 0.244. The molecule has 0 saturated heterocycles. The topological polar surface area (TPSA) is 32.3 Å². The second-order valence-corrected chi connectivity index (χ2v) is 7.30. The highest BCUT2D eigenvalue weighted by atomic mass is 16.2. The van der Waals surface area contributed by atoms with Gasteiger partial charge in [0, 0.05) is 12.1 Å². The molecule has 122 valence electrons. The van der Waals surface area contributed by atoms with E-state index in [0.29, 0.717) is 24.5 Å². The molecule has 0 spiro atoms. The van der Waals surface area contributed by atoms with Crippen molar-refractivity contribution >= 4 is 5.91 Å². The molecule has 2 rings (SSSR count). The lowest BCUT2D eigenvalue weighted by Crippen LogP contribution is -2.49. The number of nitrogens with one attached hydrogen (secondary N) is 1. The van der Waals surface area contributed by atoms with E-state index in [-0.39, 0.29) is 5.91 Å². The molecule has 0 aromatic carbocycles. The van der Waals surface area contributed by atoms with Crippen LogP contribution in [0.1, 0.15) is 72.1 Å². The van der Waals surface area contributed by atoms with Crippen molar-refractivity contribution < 1.29 is 4.79 Å². The van der Waals surface area contributed by atoms with Crippen molar-refractivity contribution in [2.24, 2.45) is 11.8 Å². The molecule has 2 saturated carbocycles. The quantitative estimate of drug-likeness (QED) is 0.840. The predicted molar refractivity (Wildman–Crippen MR) is 88.2 cm³/mol. The van der Waals surface area contributed by atoms with Gasteiger partial charge in [-0.15, -0.1) is 0 Å². The molecule has 2 aliphatic carbocycles. The van der Waals surface area contributed by atoms with Gasteiger partial charge in [-0.1, -0.05) is 52.9 Å². The lowest BCUT2D eigenvalue weighted by Gasteiger charge is -2.36. The Labute approximate surface area is 130 Å². The number of hydrogen-bond donors (Lipinski definition) is 1. The molecule has 1 N–H and O–H groups in total. The van der Waals surface area contributed by atoms with Gasteiger partial charge in [-0.3, -0.25) is 9.69 Å². The molecular weight excluding hydrogens is 260 g/mol. The highest BCUT2D eigenvalue weighted by Crippen LogP contribution is 2.29. The summed E-state index contributed by atoms with van der Waals surface area (Å²) in [6.45, 7) is 8.40. The maximum Gasteiger partial charge on any atom is 0.234 e. The van der Waals surface area contributed by atoms with E-state index in [1.807, 2.05) is 0 Å². The number of carbonyl (C=O) groups is 1. The van der Waals surface area contributed by atoms with Crippen molar-refractivity contribution in [1.29, 1.82) is 0 Å². The van der Waals surface area contributed by atoms with E-state index in [1.54, 1.807) is 0 Å². The Morgan fingerprint density at radius 2 is 1.76 bits per heavy atom. The molecule has 2 fully saturated rings. The molecule has 2 aliphatic rings. The molecule has 0 aromatic rings. The van der Waals surface area contributed by atoms with Gasteiger partial charge in [0.2, 0.25) is 5.91 Å². The molecule has 1 amide bonds. The standard InChI is InChI=1S/C18H34N2O/c1-4-20(16-10-6-5-7-11-16)13-18(21)19-17-12-8-9-14(2)15(17)3/h14-17H,4-13H2,1-3H3,(H,19,21). The number of carbonyl (C=O) groups excluding carboxylic acids is 1. The maximum atomic E-state index is 12.4. The second-order valence-electron chi connectivity index (χ2n) is 7.30. The van der Waals surface area contributed by atoms with Gasteiger partial charge < -0.3 is 5.32 Å². The van der Waals surface area contributed by atoms with Crippen molar-refractivity contribution in [1.82, 2.24) is 10.2 Å². The van der Waals surface area contributed by atoms with Gasteiger partial charge in [0.25, 0.3) is 0 Å². The van der Waals surface area contributed by atoms with Crippen molar-refractivity contribution in [3.05, 3.63) is 0 Å². The van der Waals surface area contributed by atoms with Crippen molar-refractivity contribution in [3.8, 4) is 0 Å². The third-order valence-electron chi connectivity index (χ3n) is 5.90. The summed E-state index contributed by atoms with van der Waals surface area (Å²) >= 11 is 0. The zero-order valence-corrected chi connectivity index (χ0v) is 14.2. The van der Waals surface area contributed by atoms with E-state index in [0.717, 1.165) is 18.9 Å². The lowest BCUT2D eigenvalue weighted by atomic mass is 9.78. The van der Waals surface area contributed by atoms with Gasteiger partial charge in [0.15, 0.2) is 0 Å². The first kappa shape index (κ1) is 16.8. The lowest BCUT2D eigenvalue weighted by molar-refractivity contribution is -0.124. The Morgan fingerprint density at radius 1 is 1.05 bits per heavy atom. The average Bonchev–Trinajstić information content (AvgIpc) is 2.50. The first-order valence-electron chi connectivity index (χ1n) is 9.15. The highest BCUT2D eigenvalue weighted by molar-refractivity contribution is 5.78. The largest absolute Gasteiger partial charge is 0.352 e. The fourth-order valence-corrected chi connectivity index (χ4v) is 4.17. The predicted octanol–water partition coefficient (Wildman–Crippen LogP) is 3.58. The van der Waals surface area contributed by atoms with Crippen LogP contribution < -0.4 is 5.32 Å². The van der Waals surface area contributed by atoms with Crippen LogP contribution in [0.15, 0.2) is 0 Å². The van der Waals surface area contributed by atoms with E-state index < -0.39 is 0 Å². The molecule has 0 aromatic heterocycles. The Hall–Kier alpha value is -0.570. The second kappa shape index (κ2) is 8.17. The molecule has 0 bridgehead atoms. The number of likely N-dealkylation sites (N-methyl/N-ethyl adjacent to an activating group) is 1. The molecule has 21 heavy (non-hydrogen) atoms. The van der Waals surface area contributed by atoms with Crippen LogP contribution in [0.4, 0.5) is 0 Å². The van der Waals surface area contributed by atoms with E-state index in [9.17, 15) is 4.79 Å². The van der Waals surface area contributed by atoms with Crippen molar-refractivity contribution in [2.75, 3.05) is 13.1 Å². The van der Waals surface area contributed by atoms with E-state index in [2.05, 4.69) is 31.0 Å². The van der Waals surface area contributed by atoms with Gasteiger partial charge in [-0.2, -0.15) is 0 Å². The van der Waals surface area contributed by atoms with Gasteiger partial charge in [0.05, 0.1) is 6.54 Å². The van der Waals surface area contributed by atoms with Crippen LogP contribution in [-0.4, -0.2) is 36.0 Å². The van der Waals surface area contributed by atoms with Crippen LogP contribution in [0.3, 0.4) is 0 Å². The Balaban J connectivity index is 1.81. The van der Waals surface area contributed by atoms with Crippen LogP contribution in [0.5, 0.6) is 0 Å². The Bertz CT molecular complexity index is 325. The summed E-state index contributed by atoms with van der Waals surface area (Å²) in [6.07, 6.45) is 10.3. The molecule has 0 aliphatic heterocycles. The third-order valence-corrected chi connectivity index (χ3v) is 5.90. The fraction of sp³-hybridized carbons (Fsp3) is 0.944. The van der Waals surface area contributed by atoms with Crippen molar-refractivity contribution in [2.45, 2.75) is 84.2 Å². The van der Waals surface area contributed by atoms with Gasteiger partial charge in [-0.05, 0) is 37.6 Å². The average molecular weight is 294 g/mol. The number of rotatable bonds is 5. The third kappa shape index (κ3) is 4.70. The summed E-state index contributed by atoms with van der Waals surface area (Å²) < 4.78 is 0. The van der Waals surface area contributed by atoms with Crippen LogP contribution in [0.25, 0.3) is 0 Å². The Morgan fingerprint density at radius 3 is 2.43 bits per heavy atom. The van der Waals surface area contributed by atoms with Crippen LogP contribution >= 0.6 is 0 Å². The van der Waals surface area contributed by atoms with Crippen LogP contribution in [-0.2, 0) is 4.79 Å². The zero-order valence-electron chi connectivity index (χ0n) is 14.2. The molecule has 3 heteroatoms.